The van der Waals surface area contributed by atoms with Crippen LogP contribution < -0.4 is 19.2 Å². The summed E-state index contributed by atoms with van der Waals surface area (Å²) in [6.45, 7) is -0.797. The number of carbonyl (C=O) groups excluding carboxylic acids is 2. The molecule has 0 aromatic heterocycles. The van der Waals surface area contributed by atoms with Gasteiger partial charge in [-0.15, -0.1) is 0 Å². The van der Waals surface area contributed by atoms with E-state index in [1.54, 1.807) is 6.07 Å². The van der Waals surface area contributed by atoms with Crippen molar-refractivity contribution in [1.82, 2.24) is 5.43 Å². The second kappa shape index (κ2) is 12.3. The first-order valence-corrected chi connectivity index (χ1v) is 12.2. The highest BCUT2D eigenvalue weighted by atomic mass is 32.2. The third-order valence-electron chi connectivity index (χ3n) is 4.92. The zero-order valence-electron chi connectivity index (χ0n) is 20.1. The summed E-state index contributed by atoms with van der Waals surface area (Å²) < 4.78 is 41.9. The predicted octanol–water partition coefficient (Wildman–Crippen LogP) is 3.09. The van der Waals surface area contributed by atoms with E-state index in [2.05, 4.69) is 15.3 Å². The number of nitrogens with one attached hydrogen (secondary N) is 1. The van der Waals surface area contributed by atoms with Crippen molar-refractivity contribution < 1.29 is 37.1 Å². The second-order valence-electron chi connectivity index (χ2n) is 7.33. The van der Waals surface area contributed by atoms with Gasteiger partial charge in [0.05, 0.1) is 30.3 Å². The fourth-order valence-electron chi connectivity index (χ4n) is 3.17. The number of nitro groups is 1. The number of methoxy groups -OCH3 is 2. The number of sulfonamides is 1. The summed E-state index contributed by atoms with van der Waals surface area (Å²) in [6, 6.07) is 16.8. The molecule has 14 heteroatoms. The summed E-state index contributed by atoms with van der Waals surface area (Å²) in [4.78, 5) is 34.7. The van der Waals surface area contributed by atoms with Gasteiger partial charge < -0.3 is 14.2 Å². The number of para-hydroxylation sites is 2. The quantitative estimate of drug-likeness (QED) is 0.133. The molecule has 0 aliphatic carbocycles. The first kappa shape index (κ1) is 27.6. The number of rotatable bonds is 10. The van der Waals surface area contributed by atoms with Gasteiger partial charge in [0.2, 0.25) is 0 Å². The number of anilines is 1. The summed E-state index contributed by atoms with van der Waals surface area (Å²) in [5.74, 6) is -0.592. The van der Waals surface area contributed by atoms with E-state index in [4.69, 9.17) is 9.47 Å². The van der Waals surface area contributed by atoms with Gasteiger partial charge >= 0.3 is 6.16 Å². The molecule has 0 radical (unpaired) electrons. The van der Waals surface area contributed by atoms with Crippen molar-refractivity contribution in [3.8, 4) is 11.5 Å². The van der Waals surface area contributed by atoms with Crippen LogP contribution >= 0.6 is 0 Å². The Balaban J connectivity index is 1.84. The molecule has 13 nitrogen and oxygen atoms in total. The summed E-state index contributed by atoms with van der Waals surface area (Å²) in [7, 11) is -1.85. The number of hydrogen-bond donors (Lipinski definition) is 1. The number of hydrazone groups is 1. The summed E-state index contributed by atoms with van der Waals surface area (Å²) >= 11 is 0. The number of benzene rings is 3. The second-order valence-corrected chi connectivity index (χ2v) is 9.19. The van der Waals surface area contributed by atoms with Crippen LogP contribution in [0.4, 0.5) is 16.2 Å². The SMILES string of the molecule is COC(=O)Oc1ccc(/C=N\NC(=O)CN(c2ccccc2[N+](=O)[O-])S(=O)(=O)c2ccccc2)cc1OC. The lowest BCUT2D eigenvalue weighted by Gasteiger charge is -2.23. The molecule has 0 aliphatic rings. The molecule has 0 aliphatic heterocycles. The monoisotopic (exact) mass is 542 g/mol. The Bertz CT molecular complexity index is 1460. The zero-order valence-corrected chi connectivity index (χ0v) is 21.0. The predicted molar refractivity (Wildman–Crippen MR) is 136 cm³/mol. The van der Waals surface area contributed by atoms with Crippen LogP contribution in [0, 0.1) is 10.1 Å². The molecular weight excluding hydrogens is 520 g/mol. The topological polar surface area (TPSA) is 167 Å². The van der Waals surface area contributed by atoms with Crippen LogP contribution in [0.2, 0.25) is 0 Å². The van der Waals surface area contributed by atoms with Crippen LogP contribution in [-0.2, 0) is 19.6 Å². The Kier molecular flexibility index (Phi) is 8.95. The largest absolute Gasteiger partial charge is 0.513 e. The van der Waals surface area contributed by atoms with Gasteiger partial charge in [0.15, 0.2) is 11.5 Å². The average molecular weight is 543 g/mol. The molecular formula is C24H22N4O9S. The van der Waals surface area contributed by atoms with Gasteiger partial charge in [0.25, 0.3) is 21.6 Å². The highest BCUT2D eigenvalue weighted by Crippen LogP contribution is 2.32. The van der Waals surface area contributed by atoms with Crippen molar-refractivity contribution in [2.75, 3.05) is 25.1 Å². The molecule has 38 heavy (non-hydrogen) atoms. The highest BCUT2D eigenvalue weighted by molar-refractivity contribution is 7.92. The maximum atomic E-state index is 13.4. The molecule has 0 saturated heterocycles. The van der Waals surface area contributed by atoms with E-state index in [1.807, 2.05) is 0 Å². The first-order chi connectivity index (χ1) is 18.2. The number of nitrogens with zero attached hydrogens (tertiary/aromatic N) is 3. The van der Waals surface area contributed by atoms with E-state index in [1.165, 1.54) is 74.0 Å². The van der Waals surface area contributed by atoms with Crippen LogP contribution in [-0.4, -0.2) is 52.4 Å². The van der Waals surface area contributed by atoms with Crippen LogP contribution in [0.1, 0.15) is 5.56 Å². The van der Waals surface area contributed by atoms with Crippen LogP contribution in [0.3, 0.4) is 0 Å². The molecule has 3 aromatic carbocycles. The van der Waals surface area contributed by atoms with Crippen LogP contribution in [0.5, 0.6) is 11.5 Å². The standard InChI is InChI=1S/C24H22N4O9S/c1-35-22-14-17(12-13-21(22)37-24(30)36-2)15-25-26-23(29)16-27(19-10-6-7-11-20(19)28(31)32)38(33,34)18-8-4-3-5-9-18/h3-15H,16H2,1-2H3,(H,26,29)/b25-15-. The number of hydrogen-bond acceptors (Lipinski definition) is 10. The molecule has 0 heterocycles. The fraction of sp³-hybridized carbons (Fsp3) is 0.125. The Labute approximate surface area is 217 Å². The number of amides is 1. The van der Waals surface area contributed by atoms with Gasteiger partial charge in [0, 0.05) is 6.07 Å². The molecule has 1 N–H and O–H groups in total. The smallest absolute Gasteiger partial charge is 0.493 e. The molecule has 3 rings (SSSR count). The maximum absolute atomic E-state index is 13.4. The van der Waals surface area contributed by atoms with E-state index in [9.17, 15) is 28.1 Å². The minimum atomic E-state index is -4.36. The molecule has 1 amide bonds. The summed E-state index contributed by atoms with van der Waals surface area (Å²) in [6.07, 6.45) is 0.300. The van der Waals surface area contributed by atoms with Crippen molar-refractivity contribution in [2.45, 2.75) is 4.90 Å². The van der Waals surface area contributed by atoms with Crippen LogP contribution in [0.25, 0.3) is 0 Å². The van der Waals surface area contributed by atoms with Gasteiger partial charge in [-0.2, -0.15) is 5.10 Å². The van der Waals surface area contributed by atoms with Crippen molar-refractivity contribution >= 4 is 39.7 Å². The lowest BCUT2D eigenvalue weighted by Crippen LogP contribution is -2.39. The van der Waals surface area contributed by atoms with Crippen molar-refractivity contribution in [1.29, 1.82) is 0 Å². The molecule has 3 aromatic rings. The molecule has 0 saturated carbocycles. The Morgan fingerprint density at radius 3 is 2.37 bits per heavy atom. The number of nitro benzene ring substituents is 1. The van der Waals surface area contributed by atoms with Gasteiger partial charge in [-0.1, -0.05) is 30.3 Å². The lowest BCUT2D eigenvalue weighted by molar-refractivity contribution is -0.384. The van der Waals surface area contributed by atoms with Gasteiger partial charge in [-0.3, -0.25) is 14.9 Å². The van der Waals surface area contributed by atoms with Crippen molar-refractivity contribution in [3.63, 3.8) is 0 Å². The third-order valence-corrected chi connectivity index (χ3v) is 6.69. The van der Waals surface area contributed by atoms with Gasteiger partial charge in [0.1, 0.15) is 12.2 Å². The Morgan fingerprint density at radius 2 is 1.71 bits per heavy atom. The molecule has 0 unspecified atom stereocenters. The minimum absolute atomic E-state index is 0.0896. The van der Waals surface area contributed by atoms with Crippen molar-refractivity contribution in [2.24, 2.45) is 5.10 Å². The molecule has 0 spiro atoms. The van der Waals surface area contributed by atoms with E-state index < -0.39 is 39.2 Å². The third kappa shape index (κ3) is 6.61. The molecule has 0 fully saturated rings. The van der Waals surface area contributed by atoms with Crippen LogP contribution in [0.15, 0.2) is 82.8 Å². The highest BCUT2D eigenvalue weighted by Gasteiger charge is 2.31. The Morgan fingerprint density at radius 1 is 1.03 bits per heavy atom. The average Bonchev–Trinajstić information content (AvgIpc) is 2.92. The number of ether oxygens (including phenoxy) is 3. The maximum Gasteiger partial charge on any atom is 0.513 e. The normalized spacial score (nSPS) is 11.0. The zero-order chi connectivity index (χ0) is 27.7. The number of carbonyl (C=O) groups is 2. The molecule has 0 bridgehead atoms. The summed E-state index contributed by atoms with van der Waals surface area (Å²) in [5.41, 5.74) is 1.86. The van der Waals surface area contributed by atoms with Gasteiger partial charge in [-0.25, -0.2) is 22.9 Å². The minimum Gasteiger partial charge on any atom is -0.493 e. The lowest BCUT2D eigenvalue weighted by atomic mass is 10.2. The Hall–Kier alpha value is -4.98. The summed E-state index contributed by atoms with van der Waals surface area (Å²) in [5, 5.41) is 15.4. The van der Waals surface area contributed by atoms with E-state index in [0.717, 1.165) is 13.2 Å². The first-order valence-electron chi connectivity index (χ1n) is 10.7. The van der Waals surface area contributed by atoms with E-state index in [0.29, 0.717) is 9.87 Å². The van der Waals surface area contributed by atoms with E-state index in [-0.39, 0.29) is 22.1 Å². The van der Waals surface area contributed by atoms with Gasteiger partial charge in [-0.05, 0) is 42.0 Å². The fourth-order valence-corrected chi connectivity index (χ4v) is 4.63. The molecule has 198 valence electrons. The molecule has 0 atom stereocenters. The van der Waals surface area contributed by atoms with Crippen molar-refractivity contribution in [3.05, 3.63) is 88.5 Å². The van der Waals surface area contributed by atoms with E-state index >= 15 is 0 Å².